The second-order valence-corrected chi connectivity index (χ2v) is 3.89. The number of hydrogen-bond acceptors (Lipinski definition) is 5. The Hall–Kier alpha value is -1.28. The van der Waals surface area contributed by atoms with Gasteiger partial charge in [-0.05, 0) is 0 Å². The van der Waals surface area contributed by atoms with E-state index in [1.54, 1.807) is 0 Å². The van der Waals surface area contributed by atoms with Crippen molar-refractivity contribution in [2.75, 3.05) is 13.1 Å². The van der Waals surface area contributed by atoms with Crippen LogP contribution in [0, 0.1) is 15.5 Å². The van der Waals surface area contributed by atoms with E-state index in [9.17, 15) is 18.9 Å². The van der Waals surface area contributed by atoms with Crippen LogP contribution in [0.5, 0.6) is 0 Å². The summed E-state index contributed by atoms with van der Waals surface area (Å²) in [4.78, 5) is 9.54. The second-order valence-electron chi connectivity index (χ2n) is 3.51. The van der Waals surface area contributed by atoms with E-state index in [2.05, 4.69) is 10.6 Å². The maximum absolute atomic E-state index is 13.4. The Morgan fingerprint density at radius 1 is 1.71 bits per heavy atom. The molecule has 0 radical (unpaired) electrons. The summed E-state index contributed by atoms with van der Waals surface area (Å²) in [5, 5.41) is 21.6. The van der Waals surface area contributed by atoms with Crippen LogP contribution in [-0.4, -0.2) is 36.2 Å². The van der Waals surface area contributed by atoms with E-state index < -0.39 is 27.7 Å². The minimum atomic E-state index is -2.99. The fraction of sp³-hybridized carbons (Fsp3) is 0.625. The van der Waals surface area contributed by atoms with E-state index in [1.807, 2.05) is 0 Å². The summed E-state index contributed by atoms with van der Waals surface area (Å²) >= 11 is 5.52. The predicted molar refractivity (Wildman–Crippen MR) is 58.0 cm³/mol. The van der Waals surface area contributed by atoms with E-state index in [-0.39, 0.29) is 19.5 Å². The summed E-state index contributed by atoms with van der Waals surface area (Å²) in [5.74, 6) is -2.99. The number of nitrogens with one attached hydrogen (secondary N) is 3. The Labute approximate surface area is 101 Å². The van der Waals surface area contributed by atoms with Crippen LogP contribution >= 0.6 is 11.6 Å². The van der Waals surface area contributed by atoms with Crippen LogP contribution in [0.3, 0.4) is 0 Å². The van der Waals surface area contributed by atoms with Crippen molar-refractivity contribution in [1.82, 2.24) is 10.6 Å². The number of hydrogen-bond donors (Lipinski definition) is 3. The van der Waals surface area contributed by atoms with Crippen molar-refractivity contribution < 1.29 is 13.7 Å². The zero-order chi connectivity index (χ0) is 13.1. The smallest absolute Gasteiger partial charge is 0.321 e. The topological polar surface area (TPSA) is 91.1 Å². The minimum Gasteiger partial charge on any atom is -0.360 e. The summed E-state index contributed by atoms with van der Waals surface area (Å²) in [5.41, 5.74) is -0.743. The van der Waals surface area contributed by atoms with Gasteiger partial charge in [-0.15, -0.1) is 0 Å². The van der Waals surface area contributed by atoms with Gasteiger partial charge in [0.2, 0.25) is 0 Å². The van der Waals surface area contributed by atoms with Crippen LogP contribution in [0.2, 0.25) is 0 Å². The zero-order valence-corrected chi connectivity index (χ0v) is 9.43. The standard InChI is InChI=1S/C8H11ClF2N4O2/c9-7(5(3-12)15(16)17)14-6-4-13-2-1-8(6,10)11/h3,6,12-14H,1-2,4H2/b7-5+,12-3?. The molecular weight excluding hydrogens is 258 g/mol. The van der Waals surface area contributed by atoms with Crippen LogP contribution in [-0.2, 0) is 0 Å². The molecule has 0 aromatic carbocycles. The summed E-state index contributed by atoms with van der Waals surface area (Å²) in [6.45, 7) is 0.130. The first-order valence-corrected chi connectivity index (χ1v) is 5.16. The maximum atomic E-state index is 13.4. The fourth-order valence-electron chi connectivity index (χ4n) is 1.40. The van der Waals surface area contributed by atoms with Crippen molar-refractivity contribution in [1.29, 1.82) is 5.41 Å². The van der Waals surface area contributed by atoms with E-state index in [0.717, 1.165) is 0 Å². The lowest BCUT2D eigenvalue weighted by Crippen LogP contribution is -2.55. The van der Waals surface area contributed by atoms with Crippen LogP contribution in [0.1, 0.15) is 6.42 Å². The van der Waals surface area contributed by atoms with Crippen molar-refractivity contribution in [2.24, 2.45) is 0 Å². The molecule has 1 fully saturated rings. The zero-order valence-electron chi connectivity index (χ0n) is 8.67. The number of allylic oxidation sites excluding steroid dienone is 1. The molecule has 96 valence electrons. The monoisotopic (exact) mass is 268 g/mol. The van der Waals surface area contributed by atoms with Crippen LogP contribution < -0.4 is 10.6 Å². The van der Waals surface area contributed by atoms with Gasteiger partial charge >= 0.3 is 5.70 Å². The number of halogens is 3. The predicted octanol–water partition coefficient (Wildman–Crippen LogP) is 0.907. The fourth-order valence-corrected chi connectivity index (χ4v) is 1.66. The van der Waals surface area contributed by atoms with E-state index in [4.69, 9.17) is 17.0 Å². The summed E-state index contributed by atoms with van der Waals surface area (Å²) < 4.78 is 26.8. The maximum Gasteiger partial charge on any atom is 0.321 e. The first-order valence-electron chi connectivity index (χ1n) is 4.78. The normalized spacial score (nSPS) is 24.8. The lowest BCUT2D eigenvalue weighted by atomic mass is 10.0. The molecule has 17 heavy (non-hydrogen) atoms. The highest BCUT2D eigenvalue weighted by Gasteiger charge is 2.42. The highest BCUT2D eigenvalue weighted by molar-refractivity contribution is 6.30. The third-order valence-electron chi connectivity index (χ3n) is 2.35. The quantitative estimate of drug-likeness (QED) is 0.306. The molecule has 0 bridgehead atoms. The van der Waals surface area contributed by atoms with Crippen molar-refractivity contribution in [3.8, 4) is 0 Å². The van der Waals surface area contributed by atoms with Crippen molar-refractivity contribution >= 4 is 17.8 Å². The summed E-state index contributed by atoms with van der Waals surface area (Å²) in [6.07, 6.45) is 0.0386. The Bertz CT molecular complexity index is 361. The van der Waals surface area contributed by atoms with Crippen molar-refractivity contribution in [3.63, 3.8) is 0 Å². The average Bonchev–Trinajstić information content (AvgIpc) is 2.21. The molecular formula is C8H11ClF2N4O2. The molecule has 3 N–H and O–H groups in total. The number of rotatable bonds is 4. The van der Waals surface area contributed by atoms with Gasteiger partial charge in [0.25, 0.3) is 5.92 Å². The largest absolute Gasteiger partial charge is 0.360 e. The number of nitro groups is 1. The van der Waals surface area contributed by atoms with E-state index >= 15 is 0 Å². The molecule has 0 spiro atoms. The molecule has 0 aliphatic carbocycles. The molecule has 1 aliphatic rings. The summed E-state index contributed by atoms with van der Waals surface area (Å²) in [6, 6.07) is -1.32. The number of piperidine rings is 1. The molecule has 0 aromatic rings. The van der Waals surface area contributed by atoms with Crippen molar-refractivity contribution in [2.45, 2.75) is 18.4 Å². The second kappa shape index (κ2) is 5.37. The summed E-state index contributed by atoms with van der Waals surface area (Å²) in [7, 11) is 0. The van der Waals surface area contributed by atoms with Gasteiger partial charge in [-0.3, -0.25) is 10.1 Å². The lowest BCUT2D eigenvalue weighted by molar-refractivity contribution is -0.415. The average molecular weight is 269 g/mol. The SMILES string of the molecule is N=C/C(=C(/Cl)NC1CNCCC1(F)F)[N+](=O)[O-]. The van der Waals surface area contributed by atoms with E-state index in [1.165, 1.54) is 0 Å². The number of alkyl halides is 2. The van der Waals surface area contributed by atoms with Crippen LogP contribution in [0.15, 0.2) is 10.9 Å². The minimum absolute atomic E-state index is 0.0494. The number of nitrogens with zero attached hydrogens (tertiary/aromatic N) is 1. The highest BCUT2D eigenvalue weighted by atomic mass is 35.5. The van der Waals surface area contributed by atoms with Gasteiger partial charge in [0.15, 0.2) is 5.16 Å². The molecule has 0 amide bonds. The highest BCUT2D eigenvalue weighted by Crippen LogP contribution is 2.26. The van der Waals surface area contributed by atoms with Gasteiger partial charge in [0.1, 0.15) is 6.04 Å². The first kappa shape index (κ1) is 13.8. The van der Waals surface area contributed by atoms with Gasteiger partial charge in [0, 0.05) is 19.5 Å². The van der Waals surface area contributed by atoms with Gasteiger partial charge in [-0.1, -0.05) is 11.6 Å². The van der Waals surface area contributed by atoms with Gasteiger partial charge in [-0.25, -0.2) is 8.78 Å². The van der Waals surface area contributed by atoms with E-state index in [0.29, 0.717) is 6.21 Å². The van der Waals surface area contributed by atoms with Gasteiger partial charge in [-0.2, -0.15) is 0 Å². The third kappa shape index (κ3) is 3.34. The Morgan fingerprint density at radius 2 is 2.35 bits per heavy atom. The Balaban J connectivity index is 2.82. The molecule has 9 heteroatoms. The molecule has 1 saturated heterocycles. The Kier molecular flexibility index (Phi) is 4.35. The molecule has 0 saturated carbocycles. The van der Waals surface area contributed by atoms with Gasteiger partial charge < -0.3 is 16.0 Å². The van der Waals surface area contributed by atoms with Crippen LogP contribution in [0.4, 0.5) is 8.78 Å². The first-order chi connectivity index (χ1) is 7.88. The van der Waals surface area contributed by atoms with Gasteiger partial charge in [0.05, 0.1) is 11.1 Å². The van der Waals surface area contributed by atoms with Crippen LogP contribution in [0.25, 0.3) is 0 Å². The Morgan fingerprint density at radius 3 is 2.82 bits per heavy atom. The molecule has 1 unspecified atom stereocenters. The lowest BCUT2D eigenvalue weighted by Gasteiger charge is -2.32. The van der Waals surface area contributed by atoms with Crippen molar-refractivity contribution in [3.05, 3.63) is 21.0 Å². The molecule has 0 aromatic heterocycles. The molecule has 6 nitrogen and oxygen atoms in total. The molecule has 1 aliphatic heterocycles. The third-order valence-corrected chi connectivity index (χ3v) is 2.66. The molecule has 1 atom stereocenters. The molecule has 1 rings (SSSR count). The molecule has 1 heterocycles.